The second kappa shape index (κ2) is 9.56. The van der Waals surface area contributed by atoms with Crippen LogP contribution in [0, 0.1) is 0 Å². The van der Waals surface area contributed by atoms with Crippen LogP contribution in [0.5, 0.6) is 11.5 Å². The second-order valence-corrected chi connectivity index (χ2v) is 7.32. The fraction of sp³-hybridized carbons (Fsp3) is 0.500. The lowest BCUT2D eigenvalue weighted by molar-refractivity contribution is -0.192. The van der Waals surface area contributed by atoms with Crippen molar-refractivity contribution in [2.75, 3.05) is 20.4 Å². The number of hydrogen-bond donors (Lipinski definition) is 1. The number of aromatic nitrogens is 2. The Bertz CT molecular complexity index is 902. The Morgan fingerprint density at radius 1 is 1.29 bits per heavy atom. The van der Waals surface area contributed by atoms with Crippen LogP contribution < -0.4 is 9.47 Å². The van der Waals surface area contributed by atoms with Crippen molar-refractivity contribution in [1.82, 2.24) is 14.7 Å². The van der Waals surface area contributed by atoms with Crippen LogP contribution in [0.4, 0.5) is 13.2 Å². The average Bonchev–Trinajstić information content (AvgIpc) is 3.42. The van der Waals surface area contributed by atoms with Gasteiger partial charge >= 0.3 is 12.1 Å². The molecular weight excluding hydrogens is 419 g/mol. The highest BCUT2D eigenvalue weighted by Crippen LogP contribution is 2.34. The van der Waals surface area contributed by atoms with Crippen molar-refractivity contribution in [1.29, 1.82) is 0 Å². The SMILES string of the molecule is CO[C@@H]1CCN(Cc2ccc3c(c2)OCO3)[C@H]1Cc1cnn(C)c1.O=C(O)C(F)(F)F. The number of carboxylic acids is 1. The van der Waals surface area contributed by atoms with E-state index in [0.29, 0.717) is 12.8 Å². The van der Waals surface area contributed by atoms with Crippen molar-refractivity contribution in [2.45, 2.75) is 37.7 Å². The molecule has 1 fully saturated rings. The van der Waals surface area contributed by atoms with Gasteiger partial charge in [-0.1, -0.05) is 6.07 Å². The van der Waals surface area contributed by atoms with E-state index in [9.17, 15) is 13.2 Å². The molecule has 0 amide bonds. The third kappa shape index (κ3) is 5.88. The van der Waals surface area contributed by atoms with Crippen LogP contribution >= 0.6 is 0 Å². The molecule has 1 saturated heterocycles. The number of carbonyl (C=O) groups is 1. The summed E-state index contributed by atoms with van der Waals surface area (Å²) in [6.45, 7) is 2.25. The predicted molar refractivity (Wildman–Crippen MR) is 103 cm³/mol. The number of likely N-dealkylation sites (tertiary alicyclic amines) is 1. The number of ether oxygens (including phenoxy) is 3. The molecule has 0 unspecified atom stereocenters. The lowest BCUT2D eigenvalue weighted by Gasteiger charge is -2.27. The normalized spacial score (nSPS) is 20.4. The number of fused-ring (bicyclic) bond motifs is 1. The average molecular weight is 443 g/mol. The van der Waals surface area contributed by atoms with Gasteiger partial charge in [0.1, 0.15) is 0 Å². The fourth-order valence-electron chi connectivity index (χ4n) is 3.71. The fourth-order valence-corrected chi connectivity index (χ4v) is 3.71. The zero-order valence-electron chi connectivity index (χ0n) is 17.1. The van der Waals surface area contributed by atoms with E-state index in [1.807, 2.05) is 31.1 Å². The smallest absolute Gasteiger partial charge is 0.475 e. The summed E-state index contributed by atoms with van der Waals surface area (Å²) in [7, 11) is 3.77. The van der Waals surface area contributed by atoms with E-state index in [2.05, 4.69) is 28.3 Å². The van der Waals surface area contributed by atoms with E-state index < -0.39 is 12.1 Å². The first-order valence-electron chi connectivity index (χ1n) is 9.60. The molecule has 0 aliphatic carbocycles. The van der Waals surface area contributed by atoms with E-state index in [1.165, 1.54) is 11.1 Å². The number of nitrogens with zero attached hydrogens (tertiary/aromatic N) is 3. The monoisotopic (exact) mass is 443 g/mol. The zero-order chi connectivity index (χ0) is 22.6. The van der Waals surface area contributed by atoms with Gasteiger partial charge in [0, 0.05) is 39.5 Å². The number of aliphatic carboxylic acids is 1. The summed E-state index contributed by atoms with van der Waals surface area (Å²) in [6.07, 6.45) is 1.23. The number of methoxy groups -OCH3 is 1. The van der Waals surface area contributed by atoms with Crippen LogP contribution in [0.15, 0.2) is 30.6 Å². The Labute approximate surface area is 177 Å². The van der Waals surface area contributed by atoms with Gasteiger partial charge in [-0.2, -0.15) is 18.3 Å². The molecule has 1 aromatic carbocycles. The van der Waals surface area contributed by atoms with Gasteiger partial charge in [0.25, 0.3) is 0 Å². The molecule has 0 saturated carbocycles. The minimum absolute atomic E-state index is 0.263. The molecule has 8 nitrogen and oxygen atoms in total. The van der Waals surface area contributed by atoms with Gasteiger partial charge in [-0.05, 0) is 36.1 Å². The standard InChI is InChI=1S/C18H23N3O3.C2HF3O2/c1-20-10-14(9-19-20)7-15-16(22-2)5-6-21(15)11-13-3-4-17-18(8-13)24-12-23-17;3-2(4,5)1(6)7/h3-4,8-10,15-16H,5-7,11-12H2,1-2H3;(H,6,7)/t15-,16+;/m0./s1. The van der Waals surface area contributed by atoms with Gasteiger partial charge in [-0.25, -0.2) is 4.79 Å². The number of hydrogen-bond acceptors (Lipinski definition) is 6. The third-order valence-electron chi connectivity index (χ3n) is 5.17. The van der Waals surface area contributed by atoms with Crippen LogP contribution in [0.2, 0.25) is 0 Å². The van der Waals surface area contributed by atoms with Gasteiger partial charge in [-0.3, -0.25) is 9.58 Å². The van der Waals surface area contributed by atoms with Crippen LogP contribution in [-0.2, 0) is 29.5 Å². The van der Waals surface area contributed by atoms with Gasteiger partial charge in [0.2, 0.25) is 6.79 Å². The van der Waals surface area contributed by atoms with E-state index in [0.717, 1.165) is 37.4 Å². The lowest BCUT2D eigenvalue weighted by atomic mass is 10.0. The Balaban J connectivity index is 0.000000339. The van der Waals surface area contributed by atoms with Gasteiger partial charge in [0.05, 0.1) is 12.3 Å². The highest BCUT2D eigenvalue weighted by atomic mass is 19.4. The number of aryl methyl sites for hydroxylation is 1. The molecule has 11 heteroatoms. The molecule has 4 rings (SSSR count). The minimum Gasteiger partial charge on any atom is -0.475 e. The predicted octanol–water partition coefficient (Wildman–Crippen LogP) is 2.61. The van der Waals surface area contributed by atoms with E-state index >= 15 is 0 Å². The number of carboxylic acid groups (broad SMARTS) is 1. The number of benzene rings is 1. The third-order valence-corrected chi connectivity index (χ3v) is 5.17. The highest BCUT2D eigenvalue weighted by Gasteiger charge is 2.38. The van der Waals surface area contributed by atoms with Crippen LogP contribution in [-0.4, -0.2) is 64.5 Å². The van der Waals surface area contributed by atoms with Crippen molar-refractivity contribution < 1.29 is 37.3 Å². The first-order chi connectivity index (χ1) is 14.7. The molecule has 0 radical (unpaired) electrons. The lowest BCUT2D eigenvalue weighted by Crippen LogP contribution is -2.37. The Morgan fingerprint density at radius 3 is 2.61 bits per heavy atom. The maximum absolute atomic E-state index is 10.6. The molecule has 1 N–H and O–H groups in total. The van der Waals surface area contributed by atoms with Crippen LogP contribution in [0.1, 0.15) is 17.5 Å². The molecule has 2 aliphatic heterocycles. The van der Waals surface area contributed by atoms with Crippen LogP contribution in [0.25, 0.3) is 0 Å². The molecule has 0 spiro atoms. The summed E-state index contributed by atoms with van der Waals surface area (Å²) >= 11 is 0. The quantitative estimate of drug-likeness (QED) is 0.760. The molecule has 2 aliphatic rings. The first kappa shape index (κ1) is 22.9. The largest absolute Gasteiger partial charge is 0.490 e. The maximum atomic E-state index is 10.6. The molecule has 31 heavy (non-hydrogen) atoms. The first-order valence-corrected chi connectivity index (χ1v) is 9.60. The van der Waals surface area contributed by atoms with E-state index in [1.54, 1.807) is 0 Å². The Hall–Kier alpha value is -2.79. The maximum Gasteiger partial charge on any atom is 0.490 e. The molecule has 170 valence electrons. The van der Waals surface area contributed by atoms with Crippen molar-refractivity contribution in [3.8, 4) is 11.5 Å². The van der Waals surface area contributed by atoms with Crippen molar-refractivity contribution in [3.05, 3.63) is 41.7 Å². The molecule has 2 atom stereocenters. The summed E-state index contributed by atoms with van der Waals surface area (Å²) in [5, 5.41) is 11.4. The van der Waals surface area contributed by atoms with Crippen LogP contribution in [0.3, 0.4) is 0 Å². The summed E-state index contributed by atoms with van der Waals surface area (Å²) in [6, 6.07) is 6.57. The van der Waals surface area contributed by atoms with Gasteiger partial charge < -0.3 is 19.3 Å². The summed E-state index contributed by atoms with van der Waals surface area (Å²) in [5.41, 5.74) is 2.49. The number of alkyl halides is 3. The van der Waals surface area contributed by atoms with Gasteiger partial charge in [0.15, 0.2) is 11.5 Å². The topological polar surface area (TPSA) is 86.1 Å². The molecule has 1 aromatic heterocycles. The molecule has 2 aromatic rings. The van der Waals surface area contributed by atoms with Crippen molar-refractivity contribution in [3.63, 3.8) is 0 Å². The highest BCUT2D eigenvalue weighted by molar-refractivity contribution is 5.73. The molecular formula is C20H24F3N3O5. The summed E-state index contributed by atoms with van der Waals surface area (Å²) in [5.74, 6) is -1.08. The van der Waals surface area contributed by atoms with Crippen molar-refractivity contribution in [2.24, 2.45) is 7.05 Å². The van der Waals surface area contributed by atoms with Crippen molar-refractivity contribution >= 4 is 5.97 Å². The zero-order valence-corrected chi connectivity index (χ0v) is 17.1. The second-order valence-electron chi connectivity index (χ2n) is 7.32. The molecule has 3 heterocycles. The summed E-state index contributed by atoms with van der Waals surface area (Å²) < 4.78 is 50.2. The van der Waals surface area contributed by atoms with Gasteiger partial charge in [-0.15, -0.1) is 0 Å². The minimum atomic E-state index is -5.08. The Morgan fingerprint density at radius 2 is 2.00 bits per heavy atom. The summed E-state index contributed by atoms with van der Waals surface area (Å²) in [4.78, 5) is 11.4. The number of halogens is 3. The number of rotatable bonds is 5. The van der Waals surface area contributed by atoms with E-state index in [-0.39, 0.29) is 6.10 Å². The van der Waals surface area contributed by atoms with E-state index in [4.69, 9.17) is 24.1 Å². The Kier molecular flexibility index (Phi) is 7.06. The molecule has 0 bridgehead atoms.